The third-order valence-corrected chi connectivity index (χ3v) is 3.38. The average molecular weight is 245 g/mol. The van der Waals surface area contributed by atoms with E-state index in [1.54, 1.807) is 6.07 Å². The number of fused-ring (bicyclic) bond motifs is 2. The fraction of sp³-hybridized carbons (Fsp3) is 0. The normalized spacial score (nSPS) is 11.1. The second-order valence-electron chi connectivity index (χ2n) is 3.59. The maximum atomic E-state index is 6.35. The minimum absolute atomic E-state index is 0.606. The number of halogens is 2. The van der Waals surface area contributed by atoms with Gasteiger partial charge in [-0.3, -0.25) is 0 Å². The van der Waals surface area contributed by atoms with E-state index in [1.807, 2.05) is 30.3 Å². The van der Waals surface area contributed by atoms with Crippen LogP contribution >= 0.6 is 23.2 Å². The van der Waals surface area contributed by atoms with Crippen LogP contribution in [-0.4, -0.2) is 0 Å². The van der Waals surface area contributed by atoms with Crippen molar-refractivity contribution in [2.75, 3.05) is 0 Å². The summed E-state index contributed by atoms with van der Waals surface area (Å²) in [5.74, 6) is 0. The maximum absolute atomic E-state index is 6.35. The van der Waals surface area contributed by atoms with Gasteiger partial charge >= 0.3 is 0 Å². The largest absolute Gasteiger partial charge is 0.0830 e. The number of hydrogen-bond donors (Lipinski definition) is 0. The fourth-order valence-corrected chi connectivity index (χ4v) is 2.42. The molecule has 0 nitrogen and oxygen atoms in total. The van der Waals surface area contributed by atoms with Crippen molar-refractivity contribution in [3.05, 3.63) is 58.6 Å². The lowest BCUT2D eigenvalue weighted by molar-refractivity contribution is 1.74. The van der Waals surface area contributed by atoms with Crippen molar-refractivity contribution in [2.24, 2.45) is 0 Å². The predicted octanol–water partition coefficient (Wildman–Crippen LogP) is 4.90. The Hall–Kier alpha value is -1.24. The van der Waals surface area contributed by atoms with Gasteiger partial charge in [-0.05, 0) is 23.6 Å². The first-order valence-corrected chi connectivity index (χ1v) is 5.61. The van der Waals surface area contributed by atoms with Gasteiger partial charge in [-0.1, -0.05) is 47.5 Å². The molecule has 0 spiro atoms. The van der Waals surface area contributed by atoms with Gasteiger partial charge in [0, 0.05) is 22.2 Å². The van der Waals surface area contributed by atoms with Crippen LogP contribution in [0.2, 0.25) is 10.0 Å². The van der Waals surface area contributed by atoms with Gasteiger partial charge in [0.05, 0.1) is 10.0 Å². The van der Waals surface area contributed by atoms with Crippen LogP contribution in [0.1, 0.15) is 0 Å². The summed E-state index contributed by atoms with van der Waals surface area (Å²) in [6.07, 6.45) is 0. The second-order valence-corrected chi connectivity index (χ2v) is 4.35. The van der Waals surface area contributed by atoms with Gasteiger partial charge in [-0.2, -0.15) is 0 Å². The van der Waals surface area contributed by atoms with Gasteiger partial charge in [0.2, 0.25) is 0 Å². The molecule has 3 rings (SSSR count). The van der Waals surface area contributed by atoms with Crippen LogP contribution in [0.5, 0.6) is 0 Å². The summed E-state index contributed by atoms with van der Waals surface area (Å²) in [6.45, 7) is 0. The zero-order valence-corrected chi connectivity index (χ0v) is 9.73. The summed E-state index contributed by atoms with van der Waals surface area (Å²) < 4.78 is 0. The van der Waals surface area contributed by atoms with Crippen LogP contribution in [0.4, 0.5) is 0 Å². The molecule has 0 saturated heterocycles. The lowest BCUT2D eigenvalue weighted by Gasteiger charge is -2.06. The average Bonchev–Trinajstić information content (AvgIpc) is 2.31. The monoisotopic (exact) mass is 244 g/mol. The first-order chi connectivity index (χ1) is 7.77. The molecule has 2 radical (unpaired) electrons. The molecule has 0 heterocycles. The van der Waals surface area contributed by atoms with E-state index in [1.165, 1.54) is 0 Å². The molecule has 16 heavy (non-hydrogen) atoms. The van der Waals surface area contributed by atoms with Crippen molar-refractivity contribution in [3.8, 4) is 0 Å². The van der Waals surface area contributed by atoms with E-state index in [0.29, 0.717) is 5.02 Å². The van der Waals surface area contributed by atoms with Crippen molar-refractivity contribution in [1.29, 1.82) is 0 Å². The van der Waals surface area contributed by atoms with Gasteiger partial charge < -0.3 is 0 Å². The molecule has 0 aliphatic carbocycles. The van der Waals surface area contributed by atoms with Crippen LogP contribution in [0.15, 0.2) is 36.4 Å². The Morgan fingerprint density at radius 1 is 0.938 bits per heavy atom. The molecule has 0 unspecified atom stereocenters. The standard InChI is InChI=1S/C14H6Cl2/c15-13-7-3-6-11-12(13)8-9-4-1-2-5-10(9)14(11)16/h1,3-6,8H. The van der Waals surface area contributed by atoms with E-state index in [9.17, 15) is 0 Å². The van der Waals surface area contributed by atoms with Crippen molar-refractivity contribution in [2.45, 2.75) is 0 Å². The van der Waals surface area contributed by atoms with Crippen LogP contribution in [0, 0.1) is 12.1 Å². The Labute approximate surface area is 103 Å². The third kappa shape index (κ3) is 1.38. The zero-order chi connectivity index (χ0) is 11.1. The molecular formula is C14H6Cl2. The van der Waals surface area contributed by atoms with E-state index >= 15 is 0 Å². The molecule has 76 valence electrons. The first-order valence-electron chi connectivity index (χ1n) is 4.85. The molecule has 0 N–H and O–H groups in total. The molecular weight excluding hydrogens is 239 g/mol. The molecule has 0 bridgehead atoms. The number of hydrogen-bond acceptors (Lipinski definition) is 0. The lowest BCUT2D eigenvalue weighted by Crippen LogP contribution is -1.80. The predicted molar refractivity (Wildman–Crippen MR) is 69.1 cm³/mol. The second kappa shape index (κ2) is 3.65. The minimum atomic E-state index is 0.606. The van der Waals surface area contributed by atoms with Crippen molar-refractivity contribution in [1.82, 2.24) is 0 Å². The highest BCUT2D eigenvalue weighted by molar-refractivity contribution is 6.43. The topological polar surface area (TPSA) is 0 Å². The molecule has 0 saturated carbocycles. The Kier molecular flexibility index (Phi) is 2.27. The van der Waals surface area contributed by atoms with Gasteiger partial charge in [-0.25, -0.2) is 0 Å². The summed E-state index contributed by atoms with van der Waals surface area (Å²) in [6, 6.07) is 17.5. The van der Waals surface area contributed by atoms with E-state index in [0.717, 1.165) is 26.6 Å². The Morgan fingerprint density at radius 2 is 1.81 bits per heavy atom. The van der Waals surface area contributed by atoms with E-state index < -0.39 is 0 Å². The summed E-state index contributed by atoms with van der Waals surface area (Å²) in [4.78, 5) is 0. The smallest absolute Gasteiger partial charge is 0.0564 e. The van der Waals surface area contributed by atoms with Crippen molar-refractivity contribution in [3.63, 3.8) is 0 Å². The van der Waals surface area contributed by atoms with Gasteiger partial charge in [-0.15, -0.1) is 0 Å². The van der Waals surface area contributed by atoms with Crippen molar-refractivity contribution < 1.29 is 0 Å². The summed E-state index contributed by atoms with van der Waals surface area (Å²) in [5, 5.41) is 5.29. The number of rotatable bonds is 0. The molecule has 3 aromatic rings. The van der Waals surface area contributed by atoms with Crippen LogP contribution in [0.3, 0.4) is 0 Å². The van der Waals surface area contributed by atoms with Crippen LogP contribution < -0.4 is 0 Å². The fourth-order valence-electron chi connectivity index (χ4n) is 1.88. The molecule has 0 atom stereocenters. The van der Waals surface area contributed by atoms with E-state index in [-0.39, 0.29) is 0 Å². The summed E-state index contributed by atoms with van der Waals surface area (Å²) >= 11 is 12.5. The SMILES string of the molecule is Clc1[c]ccc2c(Cl)c3c[c]ccc3cc12. The van der Waals surface area contributed by atoms with Crippen LogP contribution in [0.25, 0.3) is 21.5 Å². The van der Waals surface area contributed by atoms with Gasteiger partial charge in [0.15, 0.2) is 0 Å². The first kappa shape index (κ1) is 9.95. The van der Waals surface area contributed by atoms with E-state index in [2.05, 4.69) is 12.1 Å². The highest BCUT2D eigenvalue weighted by Gasteiger charge is 2.07. The van der Waals surface area contributed by atoms with Crippen molar-refractivity contribution >= 4 is 44.7 Å². The van der Waals surface area contributed by atoms with Crippen LogP contribution in [-0.2, 0) is 0 Å². The zero-order valence-electron chi connectivity index (χ0n) is 8.22. The Morgan fingerprint density at radius 3 is 2.69 bits per heavy atom. The number of benzene rings is 3. The summed E-state index contributed by atoms with van der Waals surface area (Å²) in [5.41, 5.74) is 0. The highest BCUT2D eigenvalue weighted by Crippen LogP contribution is 2.35. The quantitative estimate of drug-likeness (QED) is 0.494. The molecule has 0 aliphatic heterocycles. The Balaban J connectivity index is 2.61. The molecule has 0 fully saturated rings. The highest BCUT2D eigenvalue weighted by atomic mass is 35.5. The van der Waals surface area contributed by atoms with Gasteiger partial charge in [0.1, 0.15) is 0 Å². The Bertz CT molecular complexity index is 687. The minimum Gasteiger partial charge on any atom is -0.0830 e. The van der Waals surface area contributed by atoms with E-state index in [4.69, 9.17) is 23.2 Å². The molecule has 0 aromatic heterocycles. The third-order valence-electron chi connectivity index (χ3n) is 2.66. The summed E-state index contributed by atoms with van der Waals surface area (Å²) in [7, 11) is 0. The molecule has 2 heteroatoms. The van der Waals surface area contributed by atoms with Gasteiger partial charge in [0.25, 0.3) is 0 Å². The molecule has 3 aromatic carbocycles. The molecule has 0 aliphatic rings. The lowest BCUT2D eigenvalue weighted by atomic mass is 10.0. The maximum Gasteiger partial charge on any atom is 0.0564 e. The molecule has 0 amide bonds.